The van der Waals surface area contributed by atoms with E-state index in [4.69, 9.17) is 0 Å². The third-order valence-electron chi connectivity index (χ3n) is 8.21. The molecular formula is C29H53N5O2. The van der Waals surface area contributed by atoms with Gasteiger partial charge in [0.25, 0.3) is 0 Å². The molecule has 4 atom stereocenters. The molecule has 3 N–H and O–H groups in total. The number of aromatic amines is 1. The SMILES string of the molecule is C.C.C.C.CNCN(C)C(=O)CC(=O)NCC1CN(C)C2Cc3c(C)[nH]c4cccc(c34)C2(C)C1C. The molecule has 36 heavy (non-hydrogen) atoms. The molecule has 1 aromatic heterocycles. The number of nitrogens with one attached hydrogen (secondary N) is 3. The molecular weight excluding hydrogens is 450 g/mol. The molecule has 1 aromatic carbocycles. The zero-order valence-corrected chi connectivity index (χ0v) is 20.2. The maximum absolute atomic E-state index is 12.5. The maximum atomic E-state index is 12.5. The number of nitrogens with zero attached hydrogens (tertiary/aromatic N) is 2. The van der Waals surface area contributed by atoms with E-state index in [2.05, 4.69) is 66.5 Å². The van der Waals surface area contributed by atoms with Crippen LogP contribution in [0, 0.1) is 18.8 Å². The number of hydrogen-bond acceptors (Lipinski definition) is 4. The number of likely N-dealkylation sites (tertiary alicyclic amines) is 1. The zero-order valence-electron chi connectivity index (χ0n) is 20.2. The van der Waals surface area contributed by atoms with Gasteiger partial charge in [-0.3, -0.25) is 9.59 Å². The number of fused-ring (bicyclic) bond motifs is 2. The first-order valence-corrected chi connectivity index (χ1v) is 11.6. The van der Waals surface area contributed by atoms with Gasteiger partial charge in [0.2, 0.25) is 11.8 Å². The molecule has 1 fully saturated rings. The molecule has 7 nitrogen and oxygen atoms in total. The Bertz CT molecular complexity index is 1030. The molecule has 4 unspecified atom stereocenters. The molecule has 2 amide bonds. The molecule has 1 aliphatic carbocycles. The second-order valence-corrected chi connectivity index (χ2v) is 10.0. The number of rotatable bonds is 6. The number of H-pyrrole nitrogens is 1. The molecule has 2 aromatic rings. The van der Waals surface area contributed by atoms with Gasteiger partial charge >= 0.3 is 0 Å². The van der Waals surface area contributed by atoms with Crippen LogP contribution in [0.4, 0.5) is 0 Å². The molecule has 206 valence electrons. The minimum Gasteiger partial charge on any atom is -0.358 e. The molecule has 0 saturated carbocycles. The Morgan fingerprint density at radius 1 is 1.22 bits per heavy atom. The van der Waals surface area contributed by atoms with Crippen molar-refractivity contribution in [3.63, 3.8) is 0 Å². The van der Waals surface area contributed by atoms with Gasteiger partial charge in [0, 0.05) is 48.2 Å². The van der Waals surface area contributed by atoms with Crippen LogP contribution in [0.15, 0.2) is 18.2 Å². The molecule has 1 saturated heterocycles. The summed E-state index contributed by atoms with van der Waals surface area (Å²) in [6.45, 7) is 8.88. The molecule has 7 heteroatoms. The van der Waals surface area contributed by atoms with E-state index >= 15 is 0 Å². The number of carbonyl (C=O) groups excluding carboxylic acids is 2. The lowest BCUT2D eigenvalue weighted by atomic mass is 9.56. The number of carbonyl (C=O) groups is 2. The van der Waals surface area contributed by atoms with Crippen molar-refractivity contribution in [2.24, 2.45) is 11.8 Å². The number of hydrogen-bond donors (Lipinski definition) is 3. The van der Waals surface area contributed by atoms with Crippen LogP contribution in [-0.2, 0) is 21.4 Å². The molecule has 4 rings (SSSR count). The van der Waals surface area contributed by atoms with E-state index in [1.807, 2.05) is 0 Å². The third-order valence-corrected chi connectivity index (χ3v) is 8.21. The van der Waals surface area contributed by atoms with Crippen molar-refractivity contribution in [1.82, 2.24) is 25.4 Å². The molecule has 2 aliphatic rings. The van der Waals surface area contributed by atoms with E-state index < -0.39 is 0 Å². The average Bonchev–Trinajstić information content (AvgIpc) is 3.07. The first-order valence-electron chi connectivity index (χ1n) is 11.6. The van der Waals surface area contributed by atoms with E-state index in [1.54, 1.807) is 14.1 Å². The van der Waals surface area contributed by atoms with Crippen LogP contribution >= 0.6 is 0 Å². The van der Waals surface area contributed by atoms with Gasteiger partial charge in [-0.05, 0) is 56.5 Å². The molecule has 1 aliphatic heterocycles. The van der Waals surface area contributed by atoms with Gasteiger partial charge in [0.15, 0.2) is 0 Å². The number of aromatic nitrogens is 1. The lowest BCUT2D eigenvalue weighted by Crippen LogP contribution is -2.62. The van der Waals surface area contributed by atoms with Gasteiger partial charge in [0.05, 0.1) is 6.67 Å². The van der Waals surface area contributed by atoms with Crippen LogP contribution in [0.25, 0.3) is 10.9 Å². The lowest BCUT2D eigenvalue weighted by molar-refractivity contribution is -0.135. The summed E-state index contributed by atoms with van der Waals surface area (Å²) >= 11 is 0. The lowest BCUT2D eigenvalue weighted by Gasteiger charge is -2.56. The van der Waals surface area contributed by atoms with Crippen molar-refractivity contribution in [1.29, 1.82) is 0 Å². The van der Waals surface area contributed by atoms with Crippen molar-refractivity contribution in [3.8, 4) is 0 Å². The van der Waals surface area contributed by atoms with Crippen LogP contribution < -0.4 is 10.6 Å². The van der Waals surface area contributed by atoms with E-state index in [0.717, 1.165) is 13.0 Å². The second-order valence-electron chi connectivity index (χ2n) is 10.0. The number of aryl methyl sites for hydroxylation is 1. The highest BCUT2D eigenvalue weighted by Crippen LogP contribution is 2.51. The largest absolute Gasteiger partial charge is 0.358 e. The van der Waals surface area contributed by atoms with Gasteiger partial charge < -0.3 is 25.4 Å². The first kappa shape index (κ1) is 33.6. The van der Waals surface area contributed by atoms with Crippen LogP contribution in [0.2, 0.25) is 0 Å². The van der Waals surface area contributed by atoms with Gasteiger partial charge in [0.1, 0.15) is 6.42 Å². The van der Waals surface area contributed by atoms with Crippen molar-refractivity contribution in [2.75, 3.05) is 40.9 Å². The first-order chi connectivity index (χ1) is 15.2. The van der Waals surface area contributed by atoms with Crippen LogP contribution in [-0.4, -0.2) is 73.5 Å². The van der Waals surface area contributed by atoms with Crippen molar-refractivity contribution in [2.45, 2.75) is 74.8 Å². The molecule has 2 heterocycles. The monoisotopic (exact) mass is 503 g/mol. The number of benzene rings is 1. The predicted molar refractivity (Wildman–Crippen MR) is 154 cm³/mol. The van der Waals surface area contributed by atoms with Crippen molar-refractivity contribution < 1.29 is 9.59 Å². The van der Waals surface area contributed by atoms with E-state index in [0.29, 0.717) is 31.1 Å². The zero-order chi connectivity index (χ0) is 23.2. The summed E-state index contributed by atoms with van der Waals surface area (Å²) in [5.41, 5.74) is 5.37. The van der Waals surface area contributed by atoms with Gasteiger partial charge in [-0.1, -0.05) is 55.7 Å². The highest BCUT2D eigenvalue weighted by molar-refractivity contribution is 5.96. The highest BCUT2D eigenvalue weighted by atomic mass is 16.2. The number of piperidine rings is 1. The van der Waals surface area contributed by atoms with Crippen LogP contribution in [0.1, 0.15) is 66.8 Å². The number of likely N-dealkylation sites (N-methyl/N-ethyl adjacent to an activating group) is 1. The topological polar surface area (TPSA) is 80.5 Å². The van der Waals surface area contributed by atoms with Crippen molar-refractivity contribution in [3.05, 3.63) is 35.0 Å². The highest BCUT2D eigenvalue weighted by Gasteiger charge is 2.52. The quantitative estimate of drug-likeness (QED) is 0.399. The fraction of sp³-hybridized carbons (Fsp3) is 0.655. The average molecular weight is 504 g/mol. The van der Waals surface area contributed by atoms with Crippen LogP contribution in [0.5, 0.6) is 0 Å². The number of amides is 2. The fourth-order valence-electron chi connectivity index (χ4n) is 6.19. The van der Waals surface area contributed by atoms with E-state index in [-0.39, 0.29) is 53.4 Å². The standard InChI is InChI=1S/C25H37N5O2.4CH4/c1-15-17(12-27-22(31)11-23(32)30(6)14-26-4)13-29(5)21-10-18-16(2)28-20-9-7-8-19(24(18)20)25(15,21)3;;;;/h7-9,15,17,21,26,28H,10-14H2,1-6H3,(H,27,31);4*1H4. The summed E-state index contributed by atoms with van der Waals surface area (Å²) in [7, 11) is 5.70. The van der Waals surface area contributed by atoms with E-state index in [1.165, 1.54) is 32.6 Å². The summed E-state index contributed by atoms with van der Waals surface area (Å²) in [4.78, 5) is 32.3. The summed E-state index contributed by atoms with van der Waals surface area (Å²) in [6.07, 6.45) is 0.936. The minimum absolute atomic E-state index is 0. The smallest absolute Gasteiger partial charge is 0.232 e. The summed E-state index contributed by atoms with van der Waals surface area (Å²) in [6, 6.07) is 7.06. The summed E-state index contributed by atoms with van der Waals surface area (Å²) < 4.78 is 0. The Morgan fingerprint density at radius 2 is 1.89 bits per heavy atom. The van der Waals surface area contributed by atoms with Gasteiger partial charge in [-0.2, -0.15) is 0 Å². The Hall–Kier alpha value is -2.38. The Morgan fingerprint density at radius 3 is 2.53 bits per heavy atom. The third kappa shape index (κ3) is 5.47. The molecule has 0 bridgehead atoms. The van der Waals surface area contributed by atoms with Crippen molar-refractivity contribution >= 4 is 22.7 Å². The summed E-state index contributed by atoms with van der Waals surface area (Å²) in [5, 5.41) is 7.38. The molecule has 0 radical (unpaired) electrons. The Balaban J connectivity index is 0.00000306. The van der Waals surface area contributed by atoms with E-state index in [9.17, 15) is 9.59 Å². The maximum Gasteiger partial charge on any atom is 0.232 e. The van der Waals surface area contributed by atoms with Gasteiger partial charge in [-0.15, -0.1) is 0 Å². The fourth-order valence-corrected chi connectivity index (χ4v) is 6.19. The Labute approximate surface area is 220 Å². The predicted octanol–water partition coefficient (Wildman–Crippen LogP) is 4.54. The van der Waals surface area contributed by atoms with Gasteiger partial charge in [-0.25, -0.2) is 0 Å². The second kappa shape index (κ2) is 12.7. The van der Waals surface area contributed by atoms with Crippen LogP contribution in [0.3, 0.4) is 0 Å². The Kier molecular flexibility index (Phi) is 11.9. The summed E-state index contributed by atoms with van der Waals surface area (Å²) in [5.74, 6) is 0.328. The minimum atomic E-state index is -0.200. The molecule has 0 spiro atoms. The normalized spacial score (nSPS) is 24.2.